The highest BCUT2D eigenvalue weighted by molar-refractivity contribution is 5.57. The highest BCUT2D eigenvalue weighted by Crippen LogP contribution is 2.31. The van der Waals surface area contributed by atoms with Crippen molar-refractivity contribution < 1.29 is 9.50 Å². The second kappa shape index (κ2) is 6.10. The van der Waals surface area contributed by atoms with E-state index in [-0.39, 0.29) is 5.82 Å². The van der Waals surface area contributed by atoms with E-state index < -0.39 is 6.10 Å². The Balaban J connectivity index is 2.23. The number of rotatable bonds is 3. The lowest BCUT2D eigenvalue weighted by Gasteiger charge is -2.37. The number of aliphatic hydroxyl groups is 1. The fourth-order valence-electron chi connectivity index (χ4n) is 2.91. The van der Waals surface area contributed by atoms with Crippen molar-refractivity contribution in [1.82, 2.24) is 4.90 Å². The molecule has 3 nitrogen and oxygen atoms in total. The standard InChI is InChI=1S/C16H25FN2O/c1-11-9-16(14(12(2)20)10-15(11)17)19-7-5-13(6-8-19)18(3)4/h9-10,12-13,20H,5-8H2,1-4H3/t12-/m0/s1. The van der Waals surface area contributed by atoms with Gasteiger partial charge in [0.25, 0.3) is 0 Å². The molecule has 1 heterocycles. The lowest BCUT2D eigenvalue weighted by Crippen LogP contribution is -2.42. The summed E-state index contributed by atoms with van der Waals surface area (Å²) in [5.41, 5.74) is 2.31. The monoisotopic (exact) mass is 280 g/mol. The molecule has 0 aromatic heterocycles. The number of benzene rings is 1. The van der Waals surface area contributed by atoms with E-state index in [1.165, 1.54) is 6.07 Å². The van der Waals surface area contributed by atoms with E-state index in [4.69, 9.17) is 0 Å². The van der Waals surface area contributed by atoms with Gasteiger partial charge in [-0.2, -0.15) is 0 Å². The Morgan fingerprint density at radius 3 is 2.40 bits per heavy atom. The molecule has 112 valence electrons. The molecule has 1 aromatic rings. The van der Waals surface area contributed by atoms with Gasteiger partial charge in [0.15, 0.2) is 0 Å². The fourth-order valence-corrected chi connectivity index (χ4v) is 2.91. The summed E-state index contributed by atoms with van der Waals surface area (Å²) in [4.78, 5) is 4.54. The largest absolute Gasteiger partial charge is 0.389 e. The molecular weight excluding hydrogens is 255 g/mol. The molecule has 0 unspecified atom stereocenters. The molecule has 0 spiro atoms. The zero-order valence-electron chi connectivity index (χ0n) is 12.9. The molecule has 1 aromatic carbocycles. The summed E-state index contributed by atoms with van der Waals surface area (Å²) >= 11 is 0. The van der Waals surface area contributed by atoms with Crippen LogP contribution in [0.4, 0.5) is 10.1 Å². The maximum Gasteiger partial charge on any atom is 0.126 e. The van der Waals surface area contributed by atoms with Crippen molar-refractivity contribution in [3.8, 4) is 0 Å². The van der Waals surface area contributed by atoms with Crippen molar-refractivity contribution in [1.29, 1.82) is 0 Å². The van der Waals surface area contributed by atoms with Gasteiger partial charge in [0.05, 0.1) is 6.10 Å². The van der Waals surface area contributed by atoms with Gasteiger partial charge in [-0.05, 0) is 58.5 Å². The summed E-state index contributed by atoms with van der Waals surface area (Å²) in [6.07, 6.45) is 1.55. The normalized spacial score (nSPS) is 18.6. The topological polar surface area (TPSA) is 26.7 Å². The van der Waals surface area contributed by atoms with Crippen molar-refractivity contribution in [2.24, 2.45) is 0 Å². The molecular formula is C16H25FN2O. The molecule has 20 heavy (non-hydrogen) atoms. The maximum absolute atomic E-state index is 13.7. The lowest BCUT2D eigenvalue weighted by atomic mass is 9.99. The van der Waals surface area contributed by atoms with Crippen LogP contribution in [0.15, 0.2) is 12.1 Å². The molecule has 1 atom stereocenters. The van der Waals surface area contributed by atoms with E-state index >= 15 is 0 Å². The van der Waals surface area contributed by atoms with Gasteiger partial charge >= 0.3 is 0 Å². The summed E-state index contributed by atoms with van der Waals surface area (Å²) in [6.45, 7) is 5.37. The molecule has 1 saturated heterocycles. The Bertz CT molecular complexity index is 466. The first-order valence-corrected chi connectivity index (χ1v) is 7.29. The van der Waals surface area contributed by atoms with Crippen LogP contribution in [-0.2, 0) is 0 Å². The van der Waals surface area contributed by atoms with Crippen LogP contribution in [0.3, 0.4) is 0 Å². The van der Waals surface area contributed by atoms with Gasteiger partial charge in [-0.25, -0.2) is 4.39 Å². The number of halogens is 1. The Morgan fingerprint density at radius 2 is 1.90 bits per heavy atom. The Labute approximate surface area is 121 Å². The van der Waals surface area contributed by atoms with Gasteiger partial charge in [0.1, 0.15) is 5.82 Å². The quantitative estimate of drug-likeness (QED) is 0.922. The minimum atomic E-state index is -0.647. The third-order valence-electron chi connectivity index (χ3n) is 4.29. The third kappa shape index (κ3) is 3.13. The lowest BCUT2D eigenvalue weighted by molar-refractivity contribution is 0.198. The molecule has 0 saturated carbocycles. The molecule has 1 N–H and O–H groups in total. The number of hydrogen-bond acceptors (Lipinski definition) is 3. The molecule has 0 bridgehead atoms. The summed E-state index contributed by atoms with van der Waals surface area (Å²) in [7, 11) is 4.23. The number of nitrogens with zero attached hydrogens (tertiary/aromatic N) is 2. The predicted octanol–water partition coefficient (Wildman–Crippen LogP) is 2.72. The highest BCUT2D eigenvalue weighted by atomic mass is 19.1. The number of piperidine rings is 1. The average molecular weight is 280 g/mol. The number of anilines is 1. The van der Waals surface area contributed by atoms with Crippen molar-refractivity contribution in [2.75, 3.05) is 32.1 Å². The SMILES string of the molecule is Cc1cc(N2CCC(N(C)C)CC2)c([C@H](C)O)cc1F. The average Bonchev–Trinajstić information content (AvgIpc) is 2.41. The van der Waals surface area contributed by atoms with E-state index in [1.807, 2.05) is 6.07 Å². The van der Waals surface area contributed by atoms with Crippen molar-refractivity contribution in [3.63, 3.8) is 0 Å². The van der Waals surface area contributed by atoms with E-state index in [0.29, 0.717) is 17.2 Å². The second-order valence-electron chi connectivity index (χ2n) is 6.02. The van der Waals surface area contributed by atoms with Crippen molar-refractivity contribution in [3.05, 3.63) is 29.1 Å². The molecule has 0 radical (unpaired) electrons. The van der Waals surface area contributed by atoms with Gasteiger partial charge in [-0.15, -0.1) is 0 Å². The van der Waals surface area contributed by atoms with Crippen LogP contribution >= 0.6 is 0 Å². The van der Waals surface area contributed by atoms with Crippen LogP contribution < -0.4 is 4.90 Å². The first kappa shape index (κ1) is 15.3. The number of hydrogen-bond donors (Lipinski definition) is 1. The molecule has 0 amide bonds. The Morgan fingerprint density at radius 1 is 1.30 bits per heavy atom. The van der Waals surface area contributed by atoms with Crippen LogP contribution in [0, 0.1) is 12.7 Å². The van der Waals surface area contributed by atoms with Crippen LogP contribution in [0.1, 0.15) is 37.0 Å². The summed E-state index contributed by atoms with van der Waals surface area (Å²) in [5, 5.41) is 9.89. The number of aliphatic hydroxyl groups excluding tert-OH is 1. The molecule has 2 rings (SSSR count). The predicted molar refractivity (Wildman–Crippen MR) is 80.7 cm³/mol. The molecule has 1 aliphatic heterocycles. The van der Waals surface area contributed by atoms with E-state index in [9.17, 15) is 9.50 Å². The fraction of sp³-hybridized carbons (Fsp3) is 0.625. The second-order valence-corrected chi connectivity index (χ2v) is 6.02. The summed E-state index contributed by atoms with van der Waals surface area (Å²) < 4.78 is 13.7. The van der Waals surface area contributed by atoms with Gasteiger partial charge in [-0.3, -0.25) is 0 Å². The van der Waals surface area contributed by atoms with Crippen molar-refractivity contribution >= 4 is 5.69 Å². The first-order chi connectivity index (χ1) is 9.40. The van der Waals surface area contributed by atoms with Crippen LogP contribution in [0.25, 0.3) is 0 Å². The maximum atomic E-state index is 13.7. The first-order valence-electron chi connectivity index (χ1n) is 7.29. The van der Waals surface area contributed by atoms with Crippen LogP contribution in [0.5, 0.6) is 0 Å². The Hall–Kier alpha value is -1.13. The van der Waals surface area contributed by atoms with Gasteiger partial charge in [0, 0.05) is 30.4 Å². The highest BCUT2D eigenvalue weighted by Gasteiger charge is 2.23. The zero-order valence-corrected chi connectivity index (χ0v) is 12.9. The van der Waals surface area contributed by atoms with Crippen molar-refractivity contribution in [2.45, 2.75) is 38.8 Å². The number of aryl methyl sites for hydroxylation is 1. The van der Waals surface area contributed by atoms with Crippen LogP contribution in [-0.4, -0.2) is 43.2 Å². The van der Waals surface area contributed by atoms with Gasteiger partial charge in [-0.1, -0.05) is 0 Å². The zero-order chi connectivity index (χ0) is 14.9. The summed E-state index contributed by atoms with van der Waals surface area (Å²) in [6, 6.07) is 3.96. The van der Waals surface area contributed by atoms with Crippen LogP contribution in [0.2, 0.25) is 0 Å². The smallest absolute Gasteiger partial charge is 0.126 e. The molecule has 1 fully saturated rings. The van der Waals surface area contributed by atoms with E-state index in [1.54, 1.807) is 13.8 Å². The minimum Gasteiger partial charge on any atom is -0.389 e. The summed E-state index contributed by atoms with van der Waals surface area (Å²) in [5.74, 6) is -0.243. The van der Waals surface area contributed by atoms with E-state index in [0.717, 1.165) is 31.6 Å². The van der Waals surface area contributed by atoms with E-state index in [2.05, 4.69) is 23.9 Å². The van der Waals surface area contributed by atoms with Gasteiger partial charge < -0.3 is 14.9 Å². The Kier molecular flexibility index (Phi) is 4.66. The van der Waals surface area contributed by atoms with Gasteiger partial charge in [0.2, 0.25) is 0 Å². The third-order valence-corrected chi connectivity index (χ3v) is 4.29. The molecule has 4 heteroatoms. The minimum absolute atomic E-state index is 0.243. The molecule has 0 aliphatic carbocycles. The molecule has 1 aliphatic rings.